The Kier molecular flexibility index (Phi) is 3.38. The van der Waals surface area contributed by atoms with Gasteiger partial charge in [0.15, 0.2) is 5.72 Å². The third-order valence-electron chi connectivity index (χ3n) is 3.57. The summed E-state index contributed by atoms with van der Waals surface area (Å²) >= 11 is 0. The third-order valence-corrected chi connectivity index (χ3v) is 3.57. The molecular weight excluding hydrogens is 282 g/mol. The summed E-state index contributed by atoms with van der Waals surface area (Å²) in [4.78, 5) is 16.7. The summed E-state index contributed by atoms with van der Waals surface area (Å²) < 4.78 is 0. The zero-order chi connectivity index (χ0) is 15.7. The number of nitrogens with zero attached hydrogens (tertiary/aromatic N) is 3. The van der Waals surface area contributed by atoms with E-state index in [1.54, 1.807) is 37.4 Å². The van der Waals surface area contributed by atoms with Crippen LogP contribution in [0.5, 0.6) is 5.75 Å². The third kappa shape index (κ3) is 2.23. The fourth-order valence-corrected chi connectivity index (χ4v) is 2.53. The molecule has 3 rings (SSSR count). The molecule has 2 heterocycles. The maximum Gasteiger partial charge on any atom is 0.280 e. The van der Waals surface area contributed by atoms with Crippen molar-refractivity contribution in [3.05, 3.63) is 59.9 Å². The highest BCUT2D eigenvalue weighted by Gasteiger charge is 2.45. The summed E-state index contributed by atoms with van der Waals surface area (Å²) in [5.74, 6) is -0.720. The van der Waals surface area contributed by atoms with Crippen LogP contribution in [0, 0.1) is 0 Å². The standard InChI is InChI=1S/C16H15N3O3/c1-11-9-16(22,12-5-4-8-17-10-12)19(18-11)15(21)13-6-2-3-7-14(13)20/h2-8,10,20,22H,9H2,1H3/t16-/m1/s1. The van der Waals surface area contributed by atoms with Crippen LogP contribution < -0.4 is 0 Å². The van der Waals surface area contributed by atoms with E-state index in [9.17, 15) is 15.0 Å². The molecule has 0 unspecified atom stereocenters. The van der Waals surface area contributed by atoms with E-state index in [1.807, 2.05) is 0 Å². The van der Waals surface area contributed by atoms with Crippen molar-refractivity contribution in [3.8, 4) is 5.75 Å². The number of phenols is 1. The van der Waals surface area contributed by atoms with Gasteiger partial charge in [-0.1, -0.05) is 18.2 Å². The lowest BCUT2D eigenvalue weighted by atomic mass is 9.99. The van der Waals surface area contributed by atoms with Crippen molar-refractivity contribution in [2.45, 2.75) is 19.1 Å². The van der Waals surface area contributed by atoms with Crippen LogP contribution in [0.4, 0.5) is 0 Å². The van der Waals surface area contributed by atoms with Crippen molar-refractivity contribution >= 4 is 11.6 Å². The van der Waals surface area contributed by atoms with E-state index in [0.29, 0.717) is 11.3 Å². The lowest BCUT2D eigenvalue weighted by Crippen LogP contribution is -2.43. The second kappa shape index (κ2) is 5.23. The number of benzene rings is 1. The van der Waals surface area contributed by atoms with Gasteiger partial charge >= 0.3 is 0 Å². The summed E-state index contributed by atoms with van der Waals surface area (Å²) in [5.41, 5.74) is -0.421. The van der Waals surface area contributed by atoms with E-state index in [-0.39, 0.29) is 17.7 Å². The summed E-state index contributed by atoms with van der Waals surface area (Å²) in [6.07, 6.45) is 3.28. The zero-order valence-corrected chi connectivity index (χ0v) is 12.0. The molecule has 0 bridgehead atoms. The highest BCUT2D eigenvalue weighted by Crippen LogP contribution is 2.36. The van der Waals surface area contributed by atoms with Crippen LogP contribution in [0.15, 0.2) is 53.9 Å². The molecule has 1 aliphatic rings. The maximum atomic E-state index is 12.7. The Balaban J connectivity index is 2.04. The van der Waals surface area contributed by atoms with Gasteiger partial charge in [0, 0.05) is 30.1 Å². The average molecular weight is 297 g/mol. The first-order valence-electron chi connectivity index (χ1n) is 6.82. The summed E-state index contributed by atoms with van der Waals surface area (Å²) in [7, 11) is 0. The van der Waals surface area contributed by atoms with Crippen molar-refractivity contribution in [1.29, 1.82) is 0 Å². The second-order valence-electron chi connectivity index (χ2n) is 5.20. The first-order valence-corrected chi connectivity index (χ1v) is 6.82. The largest absolute Gasteiger partial charge is 0.507 e. The van der Waals surface area contributed by atoms with Crippen molar-refractivity contribution in [3.63, 3.8) is 0 Å². The lowest BCUT2D eigenvalue weighted by molar-refractivity contribution is -0.0768. The molecule has 22 heavy (non-hydrogen) atoms. The molecule has 112 valence electrons. The first-order chi connectivity index (χ1) is 10.5. The van der Waals surface area contributed by atoms with Crippen LogP contribution in [0.25, 0.3) is 0 Å². The number of aromatic nitrogens is 1. The lowest BCUT2D eigenvalue weighted by Gasteiger charge is -2.31. The summed E-state index contributed by atoms with van der Waals surface area (Å²) in [6, 6.07) is 9.55. The summed E-state index contributed by atoms with van der Waals surface area (Å²) in [5, 5.41) is 26.0. The van der Waals surface area contributed by atoms with Crippen LogP contribution in [-0.2, 0) is 5.72 Å². The Morgan fingerprint density at radius 3 is 2.73 bits per heavy atom. The molecule has 0 spiro atoms. The fraction of sp³-hybridized carbons (Fsp3) is 0.188. The zero-order valence-electron chi connectivity index (χ0n) is 12.0. The minimum Gasteiger partial charge on any atom is -0.507 e. The molecule has 2 N–H and O–H groups in total. The van der Waals surface area contributed by atoms with Gasteiger partial charge in [0.2, 0.25) is 0 Å². The van der Waals surface area contributed by atoms with E-state index in [0.717, 1.165) is 5.01 Å². The van der Waals surface area contributed by atoms with Crippen molar-refractivity contribution < 1.29 is 15.0 Å². The molecule has 6 heteroatoms. The average Bonchev–Trinajstić information content (AvgIpc) is 2.84. The second-order valence-corrected chi connectivity index (χ2v) is 5.20. The number of carbonyl (C=O) groups excluding carboxylic acids is 1. The topological polar surface area (TPSA) is 86.0 Å². The molecular formula is C16H15N3O3. The molecule has 1 aromatic heterocycles. The van der Waals surface area contributed by atoms with E-state index >= 15 is 0 Å². The predicted octanol–water partition coefficient (Wildman–Crippen LogP) is 1.85. The van der Waals surface area contributed by atoms with Gasteiger partial charge in [-0.3, -0.25) is 9.78 Å². The SMILES string of the molecule is CC1=NN(C(=O)c2ccccc2O)[C@](O)(c2cccnc2)C1. The Morgan fingerprint density at radius 2 is 2.05 bits per heavy atom. The normalized spacial score (nSPS) is 20.8. The monoisotopic (exact) mass is 297 g/mol. The Bertz CT molecular complexity index is 745. The molecule has 6 nitrogen and oxygen atoms in total. The minimum atomic E-state index is -1.60. The Labute approximate surface area is 127 Å². The minimum absolute atomic E-state index is 0.0864. The van der Waals surface area contributed by atoms with Crippen molar-refractivity contribution in [1.82, 2.24) is 9.99 Å². The number of hydrogen-bond donors (Lipinski definition) is 2. The number of amides is 1. The van der Waals surface area contributed by atoms with Crippen molar-refractivity contribution in [2.75, 3.05) is 0 Å². The van der Waals surface area contributed by atoms with Crippen LogP contribution in [0.2, 0.25) is 0 Å². The smallest absolute Gasteiger partial charge is 0.280 e. The predicted molar refractivity (Wildman–Crippen MR) is 80.1 cm³/mol. The molecule has 1 aliphatic heterocycles. The number of carbonyl (C=O) groups is 1. The van der Waals surface area contributed by atoms with E-state index in [1.165, 1.54) is 18.3 Å². The maximum absolute atomic E-state index is 12.7. The Hall–Kier alpha value is -2.73. The first kappa shape index (κ1) is 14.2. The molecule has 0 radical (unpaired) electrons. The van der Waals surface area contributed by atoms with Gasteiger partial charge in [-0.15, -0.1) is 0 Å². The molecule has 1 amide bonds. The number of aromatic hydroxyl groups is 1. The highest BCUT2D eigenvalue weighted by atomic mass is 16.3. The van der Waals surface area contributed by atoms with Gasteiger partial charge in [0.05, 0.1) is 5.56 Å². The number of para-hydroxylation sites is 1. The molecule has 1 aromatic carbocycles. The number of pyridine rings is 1. The number of aliphatic hydroxyl groups is 1. The van der Waals surface area contributed by atoms with E-state index < -0.39 is 11.6 Å². The number of rotatable bonds is 2. The van der Waals surface area contributed by atoms with Gasteiger partial charge < -0.3 is 10.2 Å². The number of phenolic OH excluding ortho intramolecular Hbond substituents is 1. The van der Waals surface area contributed by atoms with Gasteiger partial charge in [0.25, 0.3) is 5.91 Å². The van der Waals surface area contributed by atoms with Gasteiger partial charge in [-0.2, -0.15) is 10.1 Å². The van der Waals surface area contributed by atoms with Crippen LogP contribution in [0.3, 0.4) is 0 Å². The molecule has 0 saturated carbocycles. The fourth-order valence-electron chi connectivity index (χ4n) is 2.53. The Morgan fingerprint density at radius 1 is 1.27 bits per heavy atom. The van der Waals surface area contributed by atoms with Gasteiger partial charge in [0.1, 0.15) is 5.75 Å². The molecule has 0 fully saturated rings. The molecule has 2 aromatic rings. The van der Waals surface area contributed by atoms with Crippen LogP contribution in [-0.4, -0.2) is 31.8 Å². The van der Waals surface area contributed by atoms with Gasteiger partial charge in [-0.25, -0.2) is 0 Å². The summed E-state index contributed by atoms with van der Waals surface area (Å²) in [6.45, 7) is 1.74. The molecule has 1 atom stereocenters. The van der Waals surface area contributed by atoms with Gasteiger partial charge in [-0.05, 0) is 25.1 Å². The quantitative estimate of drug-likeness (QED) is 0.885. The highest BCUT2D eigenvalue weighted by molar-refractivity contribution is 5.99. The number of hydrogen-bond acceptors (Lipinski definition) is 5. The van der Waals surface area contributed by atoms with Crippen molar-refractivity contribution in [2.24, 2.45) is 5.10 Å². The molecule has 0 saturated heterocycles. The van der Waals surface area contributed by atoms with E-state index in [2.05, 4.69) is 10.1 Å². The van der Waals surface area contributed by atoms with Crippen LogP contribution in [0.1, 0.15) is 29.3 Å². The van der Waals surface area contributed by atoms with E-state index in [4.69, 9.17) is 0 Å². The number of hydrazone groups is 1. The van der Waals surface area contributed by atoms with Crippen LogP contribution >= 0.6 is 0 Å². The molecule has 0 aliphatic carbocycles.